The fourth-order valence-electron chi connectivity index (χ4n) is 2.75. The van der Waals surface area contributed by atoms with Crippen LogP contribution in [0.2, 0.25) is 0 Å². The Labute approximate surface area is 120 Å². The van der Waals surface area contributed by atoms with E-state index in [2.05, 4.69) is 24.4 Å². The van der Waals surface area contributed by atoms with Crippen molar-refractivity contribution >= 4 is 6.09 Å². The maximum Gasteiger partial charge on any atom is 0.408 e. The number of benzene rings is 1. The van der Waals surface area contributed by atoms with E-state index in [0.717, 1.165) is 12.8 Å². The first-order chi connectivity index (χ1) is 9.31. The number of nitrogens with one attached hydrogen (secondary N) is 1. The molecule has 0 unspecified atom stereocenters. The largest absolute Gasteiger partial charge is 0.444 e. The first kappa shape index (κ1) is 14.9. The summed E-state index contributed by atoms with van der Waals surface area (Å²) >= 11 is 0. The van der Waals surface area contributed by atoms with Gasteiger partial charge in [-0.25, -0.2) is 4.79 Å². The number of carbonyl (C=O) groups is 1. The third-order valence-electron chi connectivity index (χ3n) is 3.72. The minimum absolute atomic E-state index is 0.0466. The van der Waals surface area contributed by atoms with Gasteiger partial charge in [0, 0.05) is 6.54 Å². The number of hydrogen-bond donors (Lipinski definition) is 2. The summed E-state index contributed by atoms with van der Waals surface area (Å²) in [5, 5.41) is 2.96. The van der Waals surface area contributed by atoms with Crippen molar-refractivity contribution in [2.45, 2.75) is 58.7 Å². The van der Waals surface area contributed by atoms with Crippen LogP contribution < -0.4 is 11.1 Å². The zero-order valence-electron chi connectivity index (χ0n) is 12.7. The summed E-state index contributed by atoms with van der Waals surface area (Å²) in [6.45, 7) is 8.27. The SMILES string of the molecule is Cc1c(CN)ccc2c1CC[C@@H]2NC(=O)OC(C)(C)C. The monoisotopic (exact) mass is 276 g/mol. The Morgan fingerprint density at radius 2 is 2.15 bits per heavy atom. The Balaban J connectivity index is 2.13. The molecule has 1 atom stereocenters. The van der Waals surface area contributed by atoms with Crippen LogP contribution in [0.3, 0.4) is 0 Å². The molecule has 0 aliphatic heterocycles. The number of rotatable bonds is 2. The summed E-state index contributed by atoms with van der Waals surface area (Å²) < 4.78 is 5.32. The van der Waals surface area contributed by atoms with Crippen LogP contribution >= 0.6 is 0 Å². The van der Waals surface area contributed by atoms with E-state index in [0.29, 0.717) is 6.54 Å². The molecule has 3 N–H and O–H groups in total. The molecule has 4 heteroatoms. The number of fused-ring (bicyclic) bond motifs is 1. The molecule has 110 valence electrons. The summed E-state index contributed by atoms with van der Waals surface area (Å²) in [6.07, 6.45) is 1.55. The quantitative estimate of drug-likeness (QED) is 0.873. The van der Waals surface area contributed by atoms with Crippen LogP contribution in [0, 0.1) is 6.92 Å². The Morgan fingerprint density at radius 3 is 2.75 bits per heavy atom. The van der Waals surface area contributed by atoms with Gasteiger partial charge in [0.1, 0.15) is 5.60 Å². The summed E-state index contributed by atoms with van der Waals surface area (Å²) in [7, 11) is 0. The van der Waals surface area contributed by atoms with Crippen LogP contribution in [0.1, 0.15) is 55.5 Å². The van der Waals surface area contributed by atoms with Crippen molar-refractivity contribution in [3.8, 4) is 0 Å². The molecule has 4 nitrogen and oxygen atoms in total. The predicted octanol–water partition coefficient (Wildman–Crippen LogP) is 2.97. The number of hydrogen-bond acceptors (Lipinski definition) is 3. The smallest absolute Gasteiger partial charge is 0.408 e. The van der Waals surface area contributed by atoms with E-state index < -0.39 is 5.60 Å². The lowest BCUT2D eigenvalue weighted by atomic mass is 9.98. The molecule has 1 aromatic carbocycles. The van der Waals surface area contributed by atoms with Crippen LogP contribution in [0.15, 0.2) is 12.1 Å². The van der Waals surface area contributed by atoms with Gasteiger partial charge in [0.05, 0.1) is 6.04 Å². The van der Waals surface area contributed by atoms with Crippen LogP contribution in [0.5, 0.6) is 0 Å². The zero-order chi connectivity index (χ0) is 14.9. The number of alkyl carbamates (subject to hydrolysis) is 1. The van der Waals surface area contributed by atoms with Gasteiger partial charge in [0.2, 0.25) is 0 Å². The molecule has 2 rings (SSSR count). The Kier molecular flexibility index (Phi) is 4.04. The molecule has 0 fully saturated rings. The Morgan fingerprint density at radius 1 is 1.45 bits per heavy atom. The number of amides is 1. The third-order valence-corrected chi connectivity index (χ3v) is 3.72. The van der Waals surface area contributed by atoms with E-state index >= 15 is 0 Å². The molecule has 0 saturated carbocycles. The summed E-state index contributed by atoms with van der Waals surface area (Å²) in [5.74, 6) is 0. The average molecular weight is 276 g/mol. The summed E-state index contributed by atoms with van der Waals surface area (Å²) in [6, 6.07) is 4.19. The van der Waals surface area contributed by atoms with Gasteiger partial charge in [0.25, 0.3) is 0 Å². The van der Waals surface area contributed by atoms with Crippen molar-refractivity contribution in [1.29, 1.82) is 0 Å². The van der Waals surface area contributed by atoms with Crippen LogP contribution in [-0.2, 0) is 17.7 Å². The highest BCUT2D eigenvalue weighted by atomic mass is 16.6. The minimum atomic E-state index is -0.467. The number of nitrogens with two attached hydrogens (primary N) is 1. The van der Waals surface area contributed by atoms with Gasteiger partial charge in [-0.3, -0.25) is 0 Å². The summed E-state index contributed by atoms with van der Waals surface area (Å²) in [5.41, 5.74) is 10.2. The topological polar surface area (TPSA) is 64.3 Å². The van der Waals surface area contributed by atoms with Crippen molar-refractivity contribution in [2.75, 3.05) is 0 Å². The van der Waals surface area contributed by atoms with Gasteiger partial charge >= 0.3 is 6.09 Å². The second kappa shape index (κ2) is 5.44. The van der Waals surface area contributed by atoms with E-state index in [1.165, 1.54) is 22.3 Å². The number of carbonyl (C=O) groups excluding carboxylic acids is 1. The molecule has 0 bridgehead atoms. The Hall–Kier alpha value is -1.55. The van der Waals surface area contributed by atoms with Crippen molar-refractivity contribution in [3.63, 3.8) is 0 Å². The molecule has 0 saturated heterocycles. The number of ether oxygens (including phenoxy) is 1. The van der Waals surface area contributed by atoms with Gasteiger partial charge in [-0.2, -0.15) is 0 Å². The second-order valence-corrected chi connectivity index (χ2v) is 6.36. The van der Waals surface area contributed by atoms with E-state index in [1.807, 2.05) is 20.8 Å². The van der Waals surface area contributed by atoms with Gasteiger partial charge in [-0.05, 0) is 62.8 Å². The maximum absolute atomic E-state index is 11.9. The van der Waals surface area contributed by atoms with E-state index in [9.17, 15) is 4.79 Å². The molecule has 1 amide bonds. The molecule has 1 aliphatic carbocycles. The lowest BCUT2D eigenvalue weighted by molar-refractivity contribution is 0.0503. The fourth-order valence-corrected chi connectivity index (χ4v) is 2.75. The van der Waals surface area contributed by atoms with E-state index in [-0.39, 0.29) is 12.1 Å². The Bertz CT molecular complexity index is 518. The molecular weight excluding hydrogens is 252 g/mol. The lowest BCUT2D eigenvalue weighted by Gasteiger charge is -2.22. The summed E-state index contributed by atoms with van der Waals surface area (Å²) in [4.78, 5) is 11.9. The van der Waals surface area contributed by atoms with Crippen molar-refractivity contribution in [1.82, 2.24) is 5.32 Å². The molecule has 0 radical (unpaired) electrons. The predicted molar refractivity (Wildman–Crippen MR) is 79.5 cm³/mol. The highest BCUT2D eigenvalue weighted by molar-refractivity contribution is 5.69. The average Bonchev–Trinajstić information content (AvgIpc) is 2.71. The lowest BCUT2D eigenvalue weighted by Crippen LogP contribution is -2.34. The van der Waals surface area contributed by atoms with Crippen LogP contribution in [-0.4, -0.2) is 11.7 Å². The van der Waals surface area contributed by atoms with E-state index in [1.54, 1.807) is 0 Å². The van der Waals surface area contributed by atoms with Crippen LogP contribution in [0.4, 0.5) is 4.79 Å². The van der Waals surface area contributed by atoms with Crippen molar-refractivity contribution < 1.29 is 9.53 Å². The molecule has 20 heavy (non-hydrogen) atoms. The standard InChI is InChI=1S/C16H24N2O2/c1-10-11(9-17)5-6-13-12(10)7-8-14(13)18-15(19)20-16(2,3)4/h5-6,14H,7-9,17H2,1-4H3,(H,18,19)/t14-/m0/s1. The van der Waals surface area contributed by atoms with Gasteiger partial charge in [0.15, 0.2) is 0 Å². The van der Waals surface area contributed by atoms with Crippen molar-refractivity contribution in [3.05, 3.63) is 34.4 Å². The first-order valence-electron chi connectivity index (χ1n) is 7.12. The van der Waals surface area contributed by atoms with Gasteiger partial charge in [-0.15, -0.1) is 0 Å². The minimum Gasteiger partial charge on any atom is -0.444 e. The molecule has 0 aromatic heterocycles. The first-order valence-corrected chi connectivity index (χ1v) is 7.12. The highest BCUT2D eigenvalue weighted by Crippen LogP contribution is 2.34. The van der Waals surface area contributed by atoms with Gasteiger partial charge in [-0.1, -0.05) is 12.1 Å². The molecule has 0 spiro atoms. The van der Waals surface area contributed by atoms with E-state index in [4.69, 9.17) is 10.5 Å². The molecule has 0 heterocycles. The molecular formula is C16H24N2O2. The molecule has 1 aliphatic rings. The second-order valence-electron chi connectivity index (χ2n) is 6.36. The van der Waals surface area contributed by atoms with Gasteiger partial charge < -0.3 is 15.8 Å². The normalized spacial score (nSPS) is 17.8. The third kappa shape index (κ3) is 3.12. The zero-order valence-corrected chi connectivity index (χ0v) is 12.7. The van der Waals surface area contributed by atoms with Crippen LogP contribution in [0.25, 0.3) is 0 Å². The maximum atomic E-state index is 11.9. The van der Waals surface area contributed by atoms with Crippen molar-refractivity contribution in [2.24, 2.45) is 5.73 Å². The highest BCUT2D eigenvalue weighted by Gasteiger charge is 2.27. The molecule has 1 aromatic rings. The fraction of sp³-hybridized carbons (Fsp3) is 0.562.